The summed E-state index contributed by atoms with van der Waals surface area (Å²) < 4.78 is 16.4. The van der Waals surface area contributed by atoms with Crippen LogP contribution in [0.25, 0.3) is 0 Å². The Morgan fingerprint density at radius 2 is 1.96 bits per heavy atom. The van der Waals surface area contributed by atoms with E-state index < -0.39 is 0 Å². The molecular weight excluding hydrogens is 332 g/mol. The molecule has 0 aliphatic carbocycles. The van der Waals surface area contributed by atoms with Crippen LogP contribution in [0.15, 0.2) is 36.5 Å². The van der Waals surface area contributed by atoms with Crippen molar-refractivity contribution in [3.63, 3.8) is 0 Å². The van der Waals surface area contributed by atoms with Crippen molar-refractivity contribution in [1.29, 1.82) is 5.41 Å². The topological polar surface area (TPSA) is 93.7 Å². The van der Waals surface area contributed by atoms with E-state index in [4.69, 9.17) is 25.4 Å². The summed E-state index contributed by atoms with van der Waals surface area (Å²) in [6, 6.07) is 9.20. The molecule has 136 valence electrons. The summed E-state index contributed by atoms with van der Waals surface area (Å²) >= 11 is 0. The number of nitrogen functional groups attached to an aromatic ring is 1. The zero-order valence-electron chi connectivity index (χ0n) is 14.5. The van der Waals surface area contributed by atoms with Crippen LogP contribution >= 0.6 is 0 Å². The second kappa shape index (κ2) is 7.31. The highest BCUT2D eigenvalue weighted by atomic mass is 16.6. The summed E-state index contributed by atoms with van der Waals surface area (Å²) in [6.07, 6.45) is 1.81. The predicted octanol–water partition coefficient (Wildman–Crippen LogP) is 1.69. The molecule has 0 radical (unpaired) electrons. The minimum Gasteiger partial charge on any atom is -0.486 e. The first-order valence-electron chi connectivity index (χ1n) is 8.72. The average Bonchev–Trinajstić information content (AvgIpc) is 2.66. The number of hydrogen-bond acceptors (Lipinski definition) is 7. The number of morpholine rings is 1. The number of benzene rings is 1. The lowest BCUT2D eigenvalue weighted by molar-refractivity contribution is -0.0796. The molecule has 0 atom stereocenters. The average molecular weight is 354 g/mol. The maximum absolute atomic E-state index is 8.63. The highest BCUT2D eigenvalue weighted by molar-refractivity contribution is 6.14. The van der Waals surface area contributed by atoms with Crippen LogP contribution in [-0.2, 0) is 9.47 Å². The molecular formula is C19H22N4O3. The Balaban J connectivity index is 1.57. The van der Waals surface area contributed by atoms with Gasteiger partial charge in [0.15, 0.2) is 0 Å². The zero-order chi connectivity index (χ0) is 17.9. The van der Waals surface area contributed by atoms with E-state index in [9.17, 15) is 0 Å². The quantitative estimate of drug-likeness (QED) is 0.627. The van der Waals surface area contributed by atoms with E-state index in [-0.39, 0.29) is 6.10 Å². The summed E-state index contributed by atoms with van der Waals surface area (Å²) in [4.78, 5) is 6.61. The van der Waals surface area contributed by atoms with E-state index in [1.54, 1.807) is 12.3 Å². The molecule has 0 unspecified atom stereocenters. The fraction of sp³-hybridized carbons (Fsp3) is 0.368. The highest BCUT2D eigenvalue weighted by Crippen LogP contribution is 2.25. The Morgan fingerprint density at radius 3 is 2.69 bits per heavy atom. The number of nitrogens with one attached hydrogen (secondary N) is 1. The van der Waals surface area contributed by atoms with Crippen LogP contribution in [0, 0.1) is 5.41 Å². The molecule has 26 heavy (non-hydrogen) atoms. The van der Waals surface area contributed by atoms with E-state index >= 15 is 0 Å². The van der Waals surface area contributed by atoms with Crippen molar-refractivity contribution in [3.05, 3.63) is 47.7 Å². The summed E-state index contributed by atoms with van der Waals surface area (Å²) in [5.41, 5.74) is 8.46. The van der Waals surface area contributed by atoms with Gasteiger partial charge in [-0.1, -0.05) is 0 Å². The molecule has 7 heteroatoms. The fourth-order valence-electron chi connectivity index (χ4n) is 2.99. The van der Waals surface area contributed by atoms with Gasteiger partial charge in [0.1, 0.15) is 17.7 Å². The molecule has 0 bridgehead atoms. The molecule has 3 heterocycles. The van der Waals surface area contributed by atoms with Crippen LogP contribution in [-0.4, -0.2) is 56.3 Å². The Morgan fingerprint density at radius 1 is 1.15 bits per heavy atom. The Kier molecular flexibility index (Phi) is 4.73. The lowest BCUT2D eigenvalue weighted by Gasteiger charge is -2.28. The number of nitrogens with zero attached hydrogens (tertiary/aromatic N) is 2. The highest BCUT2D eigenvalue weighted by Gasteiger charge is 2.21. The molecule has 2 fully saturated rings. The predicted molar refractivity (Wildman–Crippen MR) is 99.3 cm³/mol. The largest absolute Gasteiger partial charge is 0.486 e. The second-order valence-corrected chi connectivity index (χ2v) is 6.40. The second-order valence-electron chi connectivity index (χ2n) is 6.40. The Labute approximate surface area is 152 Å². The minimum atomic E-state index is 0.0782. The van der Waals surface area contributed by atoms with Gasteiger partial charge in [-0.15, -0.1) is 0 Å². The molecule has 4 rings (SSSR count). The van der Waals surface area contributed by atoms with Crippen molar-refractivity contribution in [1.82, 2.24) is 4.98 Å². The molecule has 1 aromatic heterocycles. The van der Waals surface area contributed by atoms with Crippen LogP contribution in [0.1, 0.15) is 11.1 Å². The van der Waals surface area contributed by atoms with E-state index in [2.05, 4.69) is 9.88 Å². The number of ether oxygens (including phenoxy) is 3. The molecule has 2 aliphatic heterocycles. The lowest BCUT2D eigenvalue weighted by Crippen LogP contribution is -2.38. The maximum atomic E-state index is 8.63. The molecule has 0 spiro atoms. The van der Waals surface area contributed by atoms with Gasteiger partial charge in [-0.25, -0.2) is 4.98 Å². The maximum Gasteiger partial charge on any atom is 0.145 e. The number of rotatable bonds is 5. The first kappa shape index (κ1) is 16.8. The van der Waals surface area contributed by atoms with Crippen LogP contribution in [0.2, 0.25) is 0 Å². The third-order valence-electron chi connectivity index (χ3n) is 4.57. The van der Waals surface area contributed by atoms with E-state index in [0.29, 0.717) is 49.1 Å². The van der Waals surface area contributed by atoms with Crippen LogP contribution in [0.4, 0.5) is 11.5 Å². The number of anilines is 2. The molecule has 2 saturated heterocycles. The van der Waals surface area contributed by atoms with Crippen molar-refractivity contribution in [2.75, 3.05) is 50.2 Å². The number of nitrogens with two attached hydrogens (primary N) is 1. The summed E-state index contributed by atoms with van der Waals surface area (Å²) in [6.45, 7) is 4.20. The monoisotopic (exact) mass is 354 g/mol. The van der Waals surface area contributed by atoms with Gasteiger partial charge in [-0.05, 0) is 30.3 Å². The summed E-state index contributed by atoms with van der Waals surface area (Å²) in [5.74, 6) is 1.56. The normalized spacial score (nSPS) is 17.6. The summed E-state index contributed by atoms with van der Waals surface area (Å²) in [5, 5.41) is 8.63. The van der Waals surface area contributed by atoms with Gasteiger partial charge in [-0.2, -0.15) is 0 Å². The lowest BCUT2D eigenvalue weighted by atomic mass is 10.0. The number of pyridine rings is 1. The third kappa shape index (κ3) is 3.49. The number of hydrogen-bond donors (Lipinski definition) is 2. The molecule has 7 nitrogen and oxygen atoms in total. The van der Waals surface area contributed by atoms with Crippen molar-refractivity contribution in [3.8, 4) is 5.75 Å². The zero-order valence-corrected chi connectivity index (χ0v) is 14.5. The van der Waals surface area contributed by atoms with Gasteiger partial charge in [0, 0.05) is 36.1 Å². The van der Waals surface area contributed by atoms with Crippen LogP contribution < -0.4 is 15.4 Å². The summed E-state index contributed by atoms with van der Waals surface area (Å²) in [7, 11) is 0. The molecule has 3 N–H and O–H groups in total. The van der Waals surface area contributed by atoms with E-state index in [1.807, 2.05) is 24.3 Å². The van der Waals surface area contributed by atoms with Gasteiger partial charge in [-0.3, -0.25) is 5.41 Å². The van der Waals surface area contributed by atoms with Gasteiger partial charge < -0.3 is 24.8 Å². The van der Waals surface area contributed by atoms with Gasteiger partial charge in [0.05, 0.1) is 32.1 Å². The van der Waals surface area contributed by atoms with Crippen molar-refractivity contribution in [2.24, 2.45) is 0 Å². The first-order valence-corrected chi connectivity index (χ1v) is 8.72. The van der Waals surface area contributed by atoms with E-state index in [1.165, 1.54) is 0 Å². The Hall–Kier alpha value is -2.64. The van der Waals surface area contributed by atoms with Crippen molar-refractivity contribution >= 4 is 17.2 Å². The molecule has 0 saturated carbocycles. The smallest absolute Gasteiger partial charge is 0.145 e. The van der Waals surface area contributed by atoms with Gasteiger partial charge in [0.25, 0.3) is 0 Å². The molecule has 1 aromatic carbocycles. The van der Waals surface area contributed by atoms with E-state index in [0.717, 1.165) is 24.5 Å². The standard InChI is InChI=1S/C19H22N4O3/c20-17-2-1-14(26-15-11-25-12-15)10-16(17)19(21)13-3-4-22-18(9-13)23-5-7-24-8-6-23/h1-4,9-10,15,21H,5-8,11-12,20H2. The van der Waals surface area contributed by atoms with Crippen molar-refractivity contribution in [2.45, 2.75) is 6.10 Å². The van der Waals surface area contributed by atoms with Crippen LogP contribution in [0.3, 0.4) is 0 Å². The first-order chi connectivity index (χ1) is 12.7. The third-order valence-corrected chi connectivity index (χ3v) is 4.57. The van der Waals surface area contributed by atoms with Crippen LogP contribution in [0.5, 0.6) is 5.75 Å². The minimum absolute atomic E-state index is 0.0782. The van der Waals surface area contributed by atoms with Gasteiger partial charge >= 0.3 is 0 Å². The fourth-order valence-corrected chi connectivity index (χ4v) is 2.99. The number of aromatic nitrogens is 1. The molecule has 2 aliphatic rings. The molecule has 2 aromatic rings. The SMILES string of the molecule is N=C(c1ccnc(N2CCOCC2)c1)c1cc(OC2COC2)ccc1N. The Bertz CT molecular complexity index is 801. The van der Waals surface area contributed by atoms with Crippen molar-refractivity contribution < 1.29 is 14.2 Å². The van der Waals surface area contributed by atoms with Gasteiger partial charge in [0.2, 0.25) is 0 Å². The molecule has 0 amide bonds.